The quantitative estimate of drug-likeness (QED) is 0.208. The van der Waals surface area contributed by atoms with E-state index in [-0.39, 0.29) is 11.4 Å². The van der Waals surface area contributed by atoms with E-state index in [0.29, 0.717) is 16.1 Å². The summed E-state index contributed by atoms with van der Waals surface area (Å²) in [6.45, 7) is 0. The summed E-state index contributed by atoms with van der Waals surface area (Å²) in [5, 5.41) is 6.51. The molecule has 0 radical (unpaired) electrons. The van der Waals surface area contributed by atoms with Gasteiger partial charge < -0.3 is 10.1 Å². The number of carbonyl (C=O) groups excluding carboxylic acids is 3. The van der Waals surface area contributed by atoms with Gasteiger partial charge in [0.05, 0.1) is 11.8 Å². The highest BCUT2D eigenvalue weighted by Gasteiger charge is 2.14. The highest BCUT2D eigenvalue weighted by molar-refractivity contribution is 6.39. The van der Waals surface area contributed by atoms with Crippen molar-refractivity contribution in [2.75, 3.05) is 5.32 Å². The number of esters is 1. The number of rotatable bonds is 5. The first-order valence-corrected chi connectivity index (χ1v) is 9.27. The number of anilines is 1. The number of carbonyl (C=O) groups is 3. The Bertz CT molecular complexity index is 1130. The van der Waals surface area contributed by atoms with E-state index < -0.39 is 23.6 Å². The van der Waals surface area contributed by atoms with Crippen molar-refractivity contribution in [3.05, 3.63) is 94.8 Å². The maximum atomic E-state index is 12.9. The van der Waals surface area contributed by atoms with Crippen LogP contribution >= 0.6 is 11.6 Å². The van der Waals surface area contributed by atoms with Crippen LogP contribution in [-0.4, -0.2) is 24.0 Å². The van der Waals surface area contributed by atoms with Gasteiger partial charge in [-0.25, -0.2) is 14.6 Å². The van der Waals surface area contributed by atoms with Crippen LogP contribution in [0.3, 0.4) is 0 Å². The summed E-state index contributed by atoms with van der Waals surface area (Å²) in [6, 6.07) is 17.6. The molecule has 3 aromatic rings. The lowest BCUT2D eigenvalue weighted by molar-refractivity contribution is -0.136. The molecule has 0 fully saturated rings. The highest BCUT2D eigenvalue weighted by atomic mass is 35.5. The van der Waals surface area contributed by atoms with Crippen LogP contribution in [0.15, 0.2) is 77.9 Å². The van der Waals surface area contributed by atoms with E-state index in [1.54, 1.807) is 36.4 Å². The van der Waals surface area contributed by atoms with Gasteiger partial charge >= 0.3 is 17.8 Å². The van der Waals surface area contributed by atoms with Gasteiger partial charge in [-0.1, -0.05) is 23.7 Å². The molecule has 0 aromatic heterocycles. The second-order valence-corrected chi connectivity index (χ2v) is 6.53. The van der Waals surface area contributed by atoms with Crippen LogP contribution in [-0.2, 0) is 9.59 Å². The van der Waals surface area contributed by atoms with Gasteiger partial charge in [0, 0.05) is 16.3 Å². The second-order valence-electron chi connectivity index (χ2n) is 6.09. The third-order valence-corrected chi connectivity index (χ3v) is 4.13. The van der Waals surface area contributed by atoms with E-state index in [1.165, 1.54) is 30.5 Å². The van der Waals surface area contributed by atoms with Crippen LogP contribution in [0.25, 0.3) is 0 Å². The Kier molecular flexibility index (Phi) is 7.08. The summed E-state index contributed by atoms with van der Waals surface area (Å²) in [7, 11) is 0. The molecule has 0 heterocycles. The molecule has 0 saturated carbocycles. The average Bonchev–Trinajstić information content (AvgIpc) is 2.76. The van der Waals surface area contributed by atoms with Crippen LogP contribution in [0.2, 0.25) is 5.02 Å². The van der Waals surface area contributed by atoms with E-state index in [4.69, 9.17) is 16.3 Å². The number of ether oxygens (including phenoxy) is 1. The largest absolute Gasteiger partial charge is 0.422 e. The van der Waals surface area contributed by atoms with Gasteiger partial charge in [0.2, 0.25) is 0 Å². The summed E-state index contributed by atoms with van der Waals surface area (Å²) in [6.07, 6.45) is 1.23. The molecule has 0 spiro atoms. The molecular weight excluding hydrogens is 425 g/mol. The fourth-order valence-electron chi connectivity index (χ4n) is 2.36. The van der Waals surface area contributed by atoms with Crippen molar-refractivity contribution in [2.45, 2.75) is 0 Å². The van der Waals surface area contributed by atoms with Gasteiger partial charge in [-0.2, -0.15) is 5.10 Å². The minimum atomic E-state index is -1.03. The number of nitrogens with one attached hydrogen (secondary N) is 2. The van der Waals surface area contributed by atoms with Gasteiger partial charge in [0.1, 0.15) is 11.6 Å². The van der Waals surface area contributed by atoms with Gasteiger partial charge in [-0.3, -0.25) is 9.59 Å². The number of hydrogen-bond acceptors (Lipinski definition) is 5. The molecular formula is C22H15ClFN3O4. The lowest BCUT2D eigenvalue weighted by atomic mass is 10.2. The molecule has 31 heavy (non-hydrogen) atoms. The van der Waals surface area contributed by atoms with Crippen LogP contribution in [0.4, 0.5) is 10.1 Å². The van der Waals surface area contributed by atoms with Crippen LogP contribution in [0.5, 0.6) is 5.75 Å². The normalized spacial score (nSPS) is 10.5. The second kappa shape index (κ2) is 10.1. The van der Waals surface area contributed by atoms with Crippen molar-refractivity contribution in [1.82, 2.24) is 5.43 Å². The molecule has 0 unspecified atom stereocenters. The number of para-hydroxylation sites is 1. The highest BCUT2D eigenvalue weighted by Crippen LogP contribution is 2.18. The van der Waals surface area contributed by atoms with Crippen molar-refractivity contribution in [2.24, 2.45) is 5.10 Å². The molecule has 0 atom stereocenters. The van der Waals surface area contributed by atoms with Crippen molar-refractivity contribution in [3.63, 3.8) is 0 Å². The SMILES string of the molecule is O=C(NN=Cc1ccccc1OC(=O)c1ccc(Cl)cc1)C(=O)Nc1ccc(F)cc1. The monoisotopic (exact) mass is 439 g/mol. The molecule has 3 rings (SSSR count). The zero-order valence-electron chi connectivity index (χ0n) is 15.8. The molecule has 0 aliphatic heterocycles. The van der Waals surface area contributed by atoms with E-state index >= 15 is 0 Å². The van der Waals surface area contributed by atoms with Crippen LogP contribution < -0.4 is 15.5 Å². The molecule has 0 bridgehead atoms. The first-order chi connectivity index (χ1) is 14.9. The van der Waals surface area contributed by atoms with Crippen molar-refractivity contribution < 1.29 is 23.5 Å². The number of benzene rings is 3. The minimum absolute atomic E-state index is 0.205. The molecule has 0 saturated heterocycles. The Morgan fingerprint density at radius 1 is 0.903 bits per heavy atom. The number of hydrazone groups is 1. The summed E-state index contributed by atoms with van der Waals surface area (Å²) >= 11 is 5.81. The van der Waals surface area contributed by atoms with E-state index in [1.807, 2.05) is 0 Å². The van der Waals surface area contributed by atoms with Gasteiger partial charge in [-0.15, -0.1) is 0 Å². The van der Waals surface area contributed by atoms with Gasteiger partial charge in [-0.05, 0) is 60.7 Å². The summed E-state index contributed by atoms with van der Waals surface area (Å²) in [4.78, 5) is 36.0. The van der Waals surface area contributed by atoms with Crippen molar-refractivity contribution in [3.8, 4) is 5.75 Å². The van der Waals surface area contributed by atoms with E-state index in [2.05, 4.69) is 15.8 Å². The summed E-state index contributed by atoms with van der Waals surface area (Å²) in [5.41, 5.74) is 3.02. The summed E-state index contributed by atoms with van der Waals surface area (Å²) < 4.78 is 18.3. The predicted molar refractivity (Wildman–Crippen MR) is 114 cm³/mol. The standard InChI is InChI=1S/C22H15ClFN3O4/c23-16-7-5-14(6-8-16)22(30)31-19-4-2-1-3-15(19)13-25-27-21(29)20(28)26-18-11-9-17(24)10-12-18/h1-13H,(H,26,28)(H,27,29). The van der Waals surface area contributed by atoms with E-state index in [9.17, 15) is 18.8 Å². The Hall–Kier alpha value is -4.04. The zero-order valence-corrected chi connectivity index (χ0v) is 16.6. The Morgan fingerprint density at radius 2 is 1.58 bits per heavy atom. The zero-order chi connectivity index (χ0) is 22.2. The molecule has 3 aromatic carbocycles. The molecule has 0 aliphatic rings. The number of hydrogen-bond donors (Lipinski definition) is 2. The Balaban J connectivity index is 1.61. The van der Waals surface area contributed by atoms with Crippen molar-refractivity contribution in [1.29, 1.82) is 0 Å². The first kappa shape index (κ1) is 21.7. The molecule has 156 valence electrons. The minimum Gasteiger partial charge on any atom is -0.422 e. The fraction of sp³-hybridized carbons (Fsp3) is 0. The maximum absolute atomic E-state index is 12.9. The first-order valence-electron chi connectivity index (χ1n) is 8.89. The third-order valence-electron chi connectivity index (χ3n) is 3.88. The fourth-order valence-corrected chi connectivity index (χ4v) is 2.48. The van der Waals surface area contributed by atoms with Crippen LogP contribution in [0, 0.1) is 5.82 Å². The topological polar surface area (TPSA) is 96.9 Å². The predicted octanol–water partition coefficient (Wildman–Crippen LogP) is 3.79. The average molecular weight is 440 g/mol. The molecule has 7 nitrogen and oxygen atoms in total. The third kappa shape index (κ3) is 6.22. The lowest BCUT2D eigenvalue weighted by Gasteiger charge is -2.07. The van der Waals surface area contributed by atoms with E-state index in [0.717, 1.165) is 12.1 Å². The van der Waals surface area contributed by atoms with Crippen molar-refractivity contribution >= 4 is 41.3 Å². The molecule has 2 amide bonds. The number of halogens is 2. The number of amides is 2. The Morgan fingerprint density at radius 3 is 2.29 bits per heavy atom. The number of nitrogens with zero attached hydrogens (tertiary/aromatic N) is 1. The van der Waals surface area contributed by atoms with Gasteiger partial charge in [0.25, 0.3) is 0 Å². The summed E-state index contributed by atoms with van der Waals surface area (Å²) in [5.74, 6) is -2.87. The van der Waals surface area contributed by atoms with Crippen LogP contribution in [0.1, 0.15) is 15.9 Å². The molecule has 0 aliphatic carbocycles. The Labute approximate surface area is 181 Å². The molecule has 2 N–H and O–H groups in total. The maximum Gasteiger partial charge on any atom is 0.343 e. The lowest BCUT2D eigenvalue weighted by Crippen LogP contribution is -2.32. The van der Waals surface area contributed by atoms with Gasteiger partial charge in [0.15, 0.2) is 0 Å². The molecule has 9 heteroatoms. The smallest absolute Gasteiger partial charge is 0.343 e.